The molecule has 1 N–H and O–H groups in total. The predicted molar refractivity (Wildman–Crippen MR) is 78.1 cm³/mol. The second-order valence-electron chi connectivity index (χ2n) is 5.43. The first kappa shape index (κ1) is 16.5. The molecule has 1 rings (SSSR count). The Morgan fingerprint density at radius 3 is 1.95 bits per heavy atom. The van der Waals surface area contributed by atoms with E-state index in [-0.39, 0.29) is 11.8 Å². The van der Waals surface area contributed by atoms with Crippen LogP contribution in [0.1, 0.15) is 62.3 Å². The van der Waals surface area contributed by atoms with Gasteiger partial charge in [-0.15, -0.1) is 0 Å². The predicted octanol–water partition coefficient (Wildman–Crippen LogP) is 3.15. The van der Waals surface area contributed by atoms with Gasteiger partial charge in [0.25, 0.3) is 0 Å². The van der Waals surface area contributed by atoms with E-state index in [1.807, 2.05) is 39.8 Å². The molecule has 0 heterocycles. The van der Waals surface area contributed by atoms with E-state index in [0.717, 1.165) is 11.1 Å². The molecule has 0 fully saturated rings. The van der Waals surface area contributed by atoms with Crippen molar-refractivity contribution in [3.05, 3.63) is 28.8 Å². The second-order valence-corrected chi connectivity index (χ2v) is 5.43. The Bertz CT molecular complexity index is 478. The third-order valence-corrected chi connectivity index (χ3v) is 3.41. The van der Waals surface area contributed by atoms with Crippen molar-refractivity contribution >= 4 is 5.97 Å². The Labute approximate surface area is 120 Å². The van der Waals surface area contributed by atoms with Gasteiger partial charge < -0.3 is 14.6 Å². The maximum atomic E-state index is 11.7. The average molecular weight is 280 g/mol. The standard InChI is InChI=1S/C16H24O4/c1-9(2)11-7-8-12(10(3)4)15(19-5)13(11)14(17)16(18)20-6/h7-10,14,17H,1-6H3. The summed E-state index contributed by atoms with van der Waals surface area (Å²) in [6.07, 6.45) is -1.33. The lowest BCUT2D eigenvalue weighted by atomic mass is 9.88. The summed E-state index contributed by atoms with van der Waals surface area (Å²) >= 11 is 0. The Kier molecular flexibility index (Phi) is 5.57. The molecule has 4 nitrogen and oxygen atoms in total. The van der Waals surface area contributed by atoms with E-state index in [9.17, 15) is 9.90 Å². The van der Waals surface area contributed by atoms with Crippen molar-refractivity contribution < 1.29 is 19.4 Å². The highest BCUT2D eigenvalue weighted by Crippen LogP contribution is 2.39. The zero-order valence-corrected chi connectivity index (χ0v) is 13.1. The van der Waals surface area contributed by atoms with Crippen LogP contribution in [0.15, 0.2) is 12.1 Å². The van der Waals surface area contributed by atoms with Crippen LogP contribution in [0, 0.1) is 0 Å². The van der Waals surface area contributed by atoms with E-state index < -0.39 is 12.1 Å². The number of hydrogen-bond donors (Lipinski definition) is 1. The van der Waals surface area contributed by atoms with Crippen LogP contribution >= 0.6 is 0 Å². The molecule has 1 atom stereocenters. The highest BCUT2D eigenvalue weighted by atomic mass is 16.5. The summed E-state index contributed by atoms with van der Waals surface area (Å²) < 4.78 is 10.1. The third kappa shape index (κ3) is 3.12. The number of aliphatic hydroxyl groups excluding tert-OH is 1. The van der Waals surface area contributed by atoms with Gasteiger partial charge in [-0.3, -0.25) is 0 Å². The number of aliphatic hydroxyl groups is 1. The summed E-state index contributed by atoms with van der Waals surface area (Å²) in [6.45, 7) is 8.11. The molecular weight excluding hydrogens is 256 g/mol. The fourth-order valence-electron chi connectivity index (χ4n) is 2.33. The highest BCUT2D eigenvalue weighted by Gasteiger charge is 2.28. The van der Waals surface area contributed by atoms with Crippen molar-refractivity contribution in [2.45, 2.75) is 45.6 Å². The number of rotatable bonds is 5. The molecule has 0 saturated carbocycles. The third-order valence-electron chi connectivity index (χ3n) is 3.41. The Morgan fingerprint density at radius 1 is 1.05 bits per heavy atom. The van der Waals surface area contributed by atoms with Gasteiger partial charge in [0.2, 0.25) is 0 Å². The molecule has 20 heavy (non-hydrogen) atoms. The molecule has 0 saturated heterocycles. The Balaban J connectivity index is 3.56. The van der Waals surface area contributed by atoms with Crippen LogP contribution in [-0.4, -0.2) is 25.3 Å². The minimum absolute atomic E-state index is 0.166. The summed E-state index contributed by atoms with van der Waals surface area (Å²) in [6, 6.07) is 3.94. The SMILES string of the molecule is COC(=O)C(O)c1c(C(C)C)ccc(C(C)C)c1OC. The van der Waals surface area contributed by atoms with Gasteiger partial charge in [0, 0.05) is 5.56 Å². The second kappa shape index (κ2) is 6.75. The molecule has 0 amide bonds. The van der Waals surface area contributed by atoms with E-state index in [4.69, 9.17) is 4.74 Å². The van der Waals surface area contributed by atoms with Gasteiger partial charge in [0.15, 0.2) is 6.10 Å². The van der Waals surface area contributed by atoms with Gasteiger partial charge in [-0.25, -0.2) is 4.79 Å². The number of carbonyl (C=O) groups is 1. The van der Waals surface area contributed by atoms with Gasteiger partial charge in [-0.1, -0.05) is 39.8 Å². The minimum atomic E-state index is -1.33. The van der Waals surface area contributed by atoms with Crippen molar-refractivity contribution in [1.29, 1.82) is 0 Å². The number of hydrogen-bond acceptors (Lipinski definition) is 4. The first-order valence-electron chi connectivity index (χ1n) is 6.81. The molecule has 0 radical (unpaired) electrons. The van der Waals surface area contributed by atoms with Crippen molar-refractivity contribution in [3.63, 3.8) is 0 Å². The van der Waals surface area contributed by atoms with Gasteiger partial charge in [-0.2, -0.15) is 0 Å². The molecule has 0 aromatic heterocycles. The summed E-state index contributed by atoms with van der Waals surface area (Å²) in [5, 5.41) is 10.3. The number of methoxy groups -OCH3 is 2. The van der Waals surface area contributed by atoms with E-state index >= 15 is 0 Å². The lowest BCUT2D eigenvalue weighted by Gasteiger charge is -2.23. The van der Waals surface area contributed by atoms with Crippen LogP contribution in [0.5, 0.6) is 5.75 Å². The van der Waals surface area contributed by atoms with Crippen LogP contribution in [0.25, 0.3) is 0 Å². The quantitative estimate of drug-likeness (QED) is 0.842. The lowest BCUT2D eigenvalue weighted by Crippen LogP contribution is -2.18. The topological polar surface area (TPSA) is 55.8 Å². The lowest BCUT2D eigenvalue weighted by molar-refractivity contribution is -0.150. The maximum absolute atomic E-state index is 11.7. The molecule has 0 aliphatic heterocycles. The molecular formula is C16H24O4. The maximum Gasteiger partial charge on any atom is 0.339 e. The van der Waals surface area contributed by atoms with E-state index in [2.05, 4.69) is 4.74 Å². The van der Waals surface area contributed by atoms with Crippen LogP contribution in [0.3, 0.4) is 0 Å². The van der Waals surface area contributed by atoms with E-state index in [1.165, 1.54) is 7.11 Å². The summed E-state index contributed by atoms with van der Waals surface area (Å²) in [5.41, 5.74) is 2.37. The van der Waals surface area contributed by atoms with Crippen molar-refractivity contribution in [1.82, 2.24) is 0 Å². The summed E-state index contributed by atoms with van der Waals surface area (Å²) in [5.74, 6) is 0.296. The molecule has 0 spiro atoms. The molecule has 112 valence electrons. The van der Waals surface area contributed by atoms with Crippen LogP contribution in [0.2, 0.25) is 0 Å². The highest BCUT2D eigenvalue weighted by molar-refractivity contribution is 5.78. The monoisotopic (exact) mass is 280 g/mol. The molecule has 1 unspecified atom stereocenters. The van der Waals surface area contributed by atoms with Crippen molar-refractivity contribution in [3.8, 4) is 5.75 Å². The fourth-order valence-corrected chi connectivity index (χ4v) is 2.33. The fraction of sp³-hybridized carbons (Fsp3) is 0.562. The van der Waals surface area contributed by atoms with Crippen molar-refractivity contribution in [2.75, 3.05) is 14.2 Å². The first-order chi connectivity index (χ1) is 9.34. The van der Waals surface area contributed by atoms with Crippen molar-refractivity contribution in [2.24, 2.45) is 0 Å². The zero-order chi connectivity index (χ0) is 15.4. The van der Waals surface area contributed by atoms with Crippen LogP contribution < -0.4 is 4.74 Å². The van der Waals surface area contributed by atoms with Gasteiger partial charge in [-0.05, 0) is 23.0 Å². The summed E-state index contributed by atoms with van der Waals surface area (Å²) in [4.78, 5) is 11.7. The minimum Gasteiger partial charge on any atom is -0.496 e. The number of benzene rings is 1. The van der Waals surface area contributed by atoms with E-state index in [1.54, 1.807) is 7.11 Å². The van der Waals surface area contributed by atoms with Gasteiger partial charge >= 0.3 is 5.97 Å². The number of carbonyl (C=O) groups excluding carboxylic acids is 1. The van der Waals surface area contributed by atoms with Gasteiger partial charge in [0.1, 0.15) is 5.75 Å². The Morgan fingerprint density at radius 2 is 1.55 bits per heavy atom. The normalized spacial score (nSPS) is 12.7. The zero-order valence-electron chi connectivity index (χ0n) is 13.1. The molecule has 0 aliphatic carbocycles. The smallest absolute Gasteiger partial charge is 0.339 e. The molecule has 1 aromatic rings. The molecule has 0 bridgehead atoms. The Hall–Kier alpha value is -1.55. The summed E-state index contributed by atoms with van der Waals surface area (Å²) in [7, 11) is 2.82. The van der Waals surface area contributed by atoms with Crippen LogP contribution in [-0.2, 0) is 9.53 Å². The van der Waals surface area contributed by atoms with Crippen LogP contribution in [0.4, 0.5) is 0 Å². The molecule has 0 aliphatic rings. The number of ether oxygens (including phenoxy) is 2. The number of esters is 1. The molecule has 4 heteroatoms. The molecule has 1 aromatic carbocycles. The largest absolute Gasteiger partial charge is 0.496 e. The van der Waals surface area contributed by atoms with Gasteiger partial charge in [0.05, 0.1) is 14.2 Å². The van der Waals surface area contributed by atoms with E-state index in [0.29, 0.717) is 11.3 Å². The first-order valence-corrected chi connectivity index (χ1v) is 6.81. The average Bonchev–Trinajstić information content (AvgIpc) is 2.43.